The van der Waals surface area contributed by atoms with Crippen molar-refractivity contribution in [3.63, 3.8) is 0 Å². The minimum absolute atomic E-state index is 0.000190. The van der Waals surface area contributed by atoms with E-state index in [2.05, 4.69) is 54.1 Å². The Labute approximate surface area is 166 Å². The van der Waals surface area contributed by atoms with E-state index in [-0.39, 0.29) is 11.9 Å². The van der Waals surface area contributed by atoms with Crippen molar-refractivity contribution >= 4 is 5.91 Å². The lowest BCUT2D eigenvalue weighted by Gasteiger charge is -2.34. The fourth-order valence-electron chi connectivity index (χ4n) is 4.23. The number of nitrogens with zero attached hydrogens (tertiary/aromatic N) is 2. The molecular formula is C24H28N2O2. The maximum absolute atomic E-state index is 13.2. The number of carbonyl (C=O) groups is 1. The molecule has 0 radical (unpaired) electrons. The van der Waals surface area contributed by atoms with Gasteiger partial charge >= 0.3 is 0 Å². The summed E-state index contributed by atoms with van der Waals surface area (Å²) in [5.41, 5.74) is 3.70. The second-order valence-corrected chi connectivity index (χ2v) is 7.82. The molecule has 0 N–H and O–H groups in total. The third kappa shape index (κ3) is 4.22. The number of furan rings is 1. The highest BCUT2D eigenvalue weighted by Gasteiger charge is 2.28. The molecule has 4 heteroatoms. The molecule has 0 aliphatic heterocycles. The van der Waals surface area contributed by atoms with Crippen molar-refractivity contribution in [2.24, 2.45) is 0 Å². The topological polar surface area (TPSA) is 38.4 Å². The van der Waals surface area contributed by atoms with Crippen LogP contribution >= 0.6 is 0 Å². The van der Waals surface area contributed by atoms with Gasteiger partial charge in [0.05, 0.1) is 12.8 Å². The van der Waals surface area contributed by atoms with Gasteiger partial charge in [-0.25, -0.2) is 0 Å². The molecule has 1 aliphatic carbocycles. The van der Waals surface area contributed by atoms with Crippen molar-refractivity contribution in [3.8, 4) is 0 Å². The van der Waals surface area contributed by atoms with Crippen LogP contribution in [0.3, 0.4) is 0 Å². The van der Waals surface area contributed by atoms with Crippen LogP contribution in [-0.4, -0.2) is 21.4 Å². The molecule has 0 spiro atoms. The van der Waals surface area contributed by atoms with Crippen LogP contribution in [0, 0.1) is 6.92 Å². The predicted octanol–water partition coefficient (Wildman–Crippen LogP) is 5.41. The molecule has 3 aromatic rings. The Balaban J connectivity index is 1.57. The molecule has 1 fully saturated rings. The number of amides is 1. The Morgan fingerprint density at radius 3 is 2.71 bits per heavy atom. The van der Waals surface area contributed by atoms with Crippen molar-refractivity contribution in [3.05, 3.63) is 83.6 Å². The van der Waals surface area contributed by atoms with E-state index in [1.807, 2.05) is 4.90 Å². The highest BCUT2D eigenvalue weighted by molar-refractivity contribution is 5.91. The lowest BCUT2D eigenvalue weighted by molar-refractivity contribution is 0.0576. The first-order valence-corrected chi connectivity index (χ1v) is 10.2. The van der Waals surface area contributed by atoms with Crippen LogP contribution in [0.1, 0.15) is 59.5 Å². The van der Waals surface area contributed by atoms with E-state index in [0.717, 1.165) is 25.1 Å². The third-order valence-corrected chi connectivity index (χ3v) is 5.70. The normalized spacial score (nSPS) is 14.9. The highest BCUT2D eigenvalue weighted by Crippen LogP contribution is 2.26. The van der Waals surface area contributed by atoms with Crippen molar-refractivity contribution in [1.82, 2.24) is 9.47 Å². The molecule has 4 rings (SSSR count). The maximum atomic E-state index is 13.2. The zero-order chi connectivity index (χ0) is 19.3. The summed E-state index contributed by atoms with van der Waals surface area (Å²) in [7, 11) is 0. The van der Waals surface area contributed by atoms with E-state index < -0.39 is 0 Å². The molecule has 0 saturated heterocycles. The first-order valence-electron chi connectivity index (χ1n) is 10.2. The average molecular weight is 377 g/mol. The van der Waals surface area contributed by atoms with Gasteiger partial charge in [-0.1, -0.05) is 49.1 Å². The Bertz CT molecular complexity index is 904. The number of hydrogen-bond acceptors (Lipinski definition) is 2. The predicted molar refractivity (Wildman–Crippen MR) is 110 cm³/mol. The molecule has 146 valence electrons. The zero-order valence-electron chi connectivity index (χ0n) is 16.5. The van der Waals surface area contributed by atoms with Crippen LogP contribution in [0.5, 0.6) is 0 Å². The number of hydrogen-bond donors (Lipinski definition) is 0. The van der Waals surface area contributed by atoms with Gasteiger partial charge in [0.2, 0.25) is 0 Å². The summed E-state index contributed by atoms with van der Waals surface area (Å²) in [6.07, 6.45) is 9.48. The van der Waals surface area contributed by atoms with E-state index in [4.69, 9.17) is 4.42 Å². The molecule has 1 aromatic carbocycles. The quantitative estimate of drug-likeness (QED) is 0.577. The minimum Gasteiger partial charge on any atom is -0.459 e. The van der Waals surface area contributed by atoms with Gasteiger partial charge in [-0.3, -0.25) is 4.79 Å². The van der Waals surface area contributed by atoms with Crippen molar-refractivity contribution in [1.29, 1.82) is 0 Å². The number of carbonyl (C=O) groups excluding carboxylic acids is 1. The smallest absolute Gasteiger partial charge is 0.290 e. The summed E-state index contributed by atoms with van der Waals surface area (Å²) in [4.78, 5) is 15.2. The van der Waals surface area contributed by atoms with Gasteiger partial charge in [0.15, 0.2) is 5.76 Å². The molecule has 2 heterocycles. The molecule has 0 bridgehead atoms. The lowest BCUT2D eigenvalue weighted by atomic mass is 9.94. The summed E-state index contributed by atoms with van der Waals surface area (Å²) >= 11 is 0. The zero-order valence-corrected chi connectivity index (χ0v) is 16.5. The molecule has 1 amide bonds. The first-order chi connectivity index (χ1) is 13.7. The van der Waals surface area contributed by atoms with Crippen LogP contribution in [0.4, 0.5) is 0 Å². The summed E-state index contributed by atoms with van der Waals surface area (Å²) in [6, 6.07) is 16.6. The molecule has 1 saturated carbocycles. The van der Waals surface area contributed by atoms with Gasteiger partial charge in [-0.05, 0) is 49.6 Å². The molecule has 1 aliphatic rings. The van der Waals surface area contributed by atoms with Gasteiger partial charge in [-0.2, -0.15) is 0 Å². The van der Waals surface area contributed by atoms with Crippen molar-refractivity contribution in [2.45, 2.75) is 58.2 Å². The SMILES string of the molecule is Cc1cccc(Cn2cccc2CN(C(=O)c2ccco2)C2CCCCC2)c1. The fourth-order valence-corrected chi connectivity index (χ4v) is 4.23. The lowest BCUT2D eigenvalue weighted by Crippen LogP contribution is -2.41. The van der Waals surface area contributed by atoms with Crippen LogP contribution in [0.25, 0.3) is 0 Å². The van der Waals surface area contributed by atoms with E-state index in [0.29, 0.717) is 12.3 Å². The summed E-state index contributed by atoms with van der Waals surface area (Å²) in [5.74, 6) is 0.433. The Morgan fingerprint density at radius 1 is 1.11 bits per heavy atom. The number of aromatic nitrogens is 1. The molecular weight excluding hydrogens is 348 g/mol. The molecule has 0 atom stereocenters. The molecule has 2 aromatic heterocycles. The fraction of sp³-hybridized carbons (Fsp3) is 0.375. The van der Waals surface area contributed by atoms with Gasteiger partial charge in [0.1, 0.15) is 0 Å². The van der Waals surface area contributed by atoms with Crippen LogP contribution in [0.15, 0.2) is 65.4 Å². The second kappa shape index (κ2) is 8.51. The van der Waals surface area contributed by atoms with Gasteiger partial charge in [-0.15, -0.1) is 0 Å². The third-order valence-electron chi connectivity index (χ3n) is 5.70. The van der Waals surface area contributed by atoms with Gasteiger partial charge < -0.3 is 13.9 Å². The molecule has 28 heavy (non-hydrogen) atoms. The molecule has 0 unspecified atom stereocenters. The van der Waals surface area contributed by atoms with E-state index in [1.54, 1.807) is 18.4 Å². The van der Waals surface area contributed by atoms with E-state index >= 15 is 0 Å². The Morgan fingerprint density at radius 2 is 1.96 bits per heavy atom. The van der Waals surface area contributed by atoms with Crippen LogP contribution < -0.4 is 0 Å². The first kappa shape index (κ1) is 18.6. The van der Waals surface area contributed by atoms with Crippen LogP contribution in [0.2, 0.25) is 0 Å². The number of aryl methyl sites for hydroxylation is 1. The van der Waals surface area contributed by atoms with E-state index in [9.17, 15) is 4.79 Å². The summed E-state index contributed by atoms with van der Waals surface area (Å²) in [5, 5.41) is 0. The maximum Gasteiger partial charge on any atom is 0.290 e. The van der Waals surface area contributed by atoms with E-state index in [1.165, 1.54) is 30.4 Å². The monoisotopic (exact) mass is 376 g/mol. The molecule has 4 nitrogen and oxygen atoms in total. The summed E-state index contributed by atoms with van der Waals surface area (Å²) < 4.78 is 7.68. The standard InChI is InChI=1S/C24H28N2O2/c1-19-8-5-9-20(16-19)17-25-14-6-12-22(25)18-26(21-10-3-2-4-11-21)24(27)23-13-7-15-28-23/h5-9,12-16,21H,2-4,10-11,17-18H2,1H3. The highest BCUT2D eigenvalue weighted by atomic mass is 16.3. The second-order valence-electron chi connectivity index (χ2n) is 7.82. The van der Waals surface area contributed by atoms with Crippen LogP contribution in [-0.2, 0) is 13.1 Å². The Hall–Kier alpha value is -2.75. The number of rotatable bonds is 6. The minimum atomic E-state index is 0.000190. The van der Waals surface area contributed by atoms with Gasteiger partial charge in [0, 0.05) is 24.5 Å². The largest absolute Gasteiger partial charge is 0.459 e. The van der Waals surface area contributed by atoms with Crippen molar-refractivity contribution < 1.29 is 9.21 Å². The van der Waals surface area contributed by atoms with Crippen molar-refractivity contribution in [2.75, 3.05) is 0 Å². The summed E-state index contributed by atoms with van der Waals surface area (Å²) in [6.45, 7) is 3.55. The average Bonchev–Trinajstić information content (AvgIpc) is 3.39. The Kier molecular flexibility index (Phi) is 5.65. The van der Waals surface area contributed by atoms with Gasteiger partial charge in [0.25, 0.3) is 5.91 Å². The number of benzene rings is 1.